The number of carbonyl (C=O) groups excluding carboxylic acids is 1. The van der Waals surface area contributed by atoms with E-state index in [0.29, 0.717) is 28.8 Å². The summed E-state index contributed by atoms with van der Waals surface area (Å²) in [6.45, 7) is 2.96. The van der Waals surface area contributed by atoms with Crippen LogP contribution in [0.1, 0.15) is 29.3 Å². The van der Waals surface area contributed by atoms with E-state index in [2.05, 4.69) is 10.3 Å². The van der Waals surface area contributed by atoms with Gasteiger partial charge in [0.15, 0.2) is 4.77 Å². The van der Waals surface area contributed by atoms with Crippen molar-refractivity contribution in [3.63, 3.8) is 0 Å². The van der Waals surface area contributed by atoms with Gasteiger partial charge in [0.05, 0.1) is 17.4 Å². The van der Waals surface area contributed by atoms with E-state index < -0.39 is 0 Å². The molecule has 3 aromatic rings. The van der Waals surface area contributed by atoms with Gasteiger partial charge in [-0.15, -0.1) is 0 Å². The third-order valence-corrected chi connectivity index (χ3v) is 4.28. The van der Waals surface area contributed by atoms with Crippen molar-refractivity contribution in [3.05, 3.63) is 74.8 Å². The van der Waals surface area contributed by atoms with E-state index in [4.69, 9.17) is 12.2 Å². The molecule has 0 radical (unpaired) electrons. The predicted molar refractivity (Wildman–Crippen MR) is 102 cm³/mol. The number of para-hydroxylation sites is 1. The minimum Gasteiger partial charge on any atom is -0.352 e. The van der Waals surface area contributed by atoms with Crippen LogP contribution in [-0.4, -0.2) is 22.0 Å². The van der Waals surface area contributed by atoms with E-state index >= 15 is 0 Å². The summed E-state index contributed by atoms with van der Waals surface area (Å²) < 4.78 is 1.88. The first-order chi connectivity index (χ1) is 12.1. The largest absolute Gasteiger partial charge is 0.352 e. The van der Waals surface area contributed by atoms with Crippen LogP contribution in [0, 0.1) is 4.77 Å². The van der Waals surface area contributed by atoms with Crippen molar-refractivity contribution in [2.45, 2.75) is 19.9 Å². The van der Waals surface area contributed by atoms with Crippen LogP contribution in [-0.2, 0) is 6.54 Å². The summed E-state index contributed by atoms with van der Waals surface area (Å²) in [6.07, 6.45) is 0.882. The Bertz CT molecular complexity index is 1040. The first kappa shape index (κ1) is 17.1. The van der Waals surface area contributed by atoms with E-state index in [1.165, 1.54) is 4.57 Å². The van der Waals surface area contributed by atoms with Gasteiger partial charge in [-0.25, -0.2) is 0 Å². The molecule has 1 aromatic heterocycles. The zero-order valence-electron chi connectivity index (χ0n) is 13.9. The number of rotatable bonds is 5. The normalized spacial score (nSPS) is 10.8. The second kappa shape index (κ2) is 7.44. The monoisotopic (exact) mass is 353 g/mol. The standard InChI is InChI=1S/C19H19N3O2S/c1-2-10-20-17(23)14-7-5-6-13(11-14)12-22-18(24)15-8-3-4-9-16(15)21-19(22)25/h3-9,11H,2,10,12H2,1H3,(H,20,23)(H,21,25). The maximum absolute atomic E-state index is 12.7. The first-order valence-electron chi connectivity index (χ1n) is 8.19. The molecule has 0 bridgehead atoms. The summed E-state index contributed by atoms with van der Waals surface area (Å²) in [4.78, 5) is 27.9. The zero-order chi connectivity index (χ0) is 17.8. The molecular formula is C19H19N3O2S. The Labute approximate surface area is 150 Å². The molecule has 0 atom stereocenters. The molecule has 25 heavy (non-hydrogen) atoms. The lowest BCUT2D eigenvalue weighted by atomic mass is 10.1. The third kappa shape index (κ3) is 3.69. The quantitative estimate of drug-likeness (QED) is 0.692. The molecule has 128 valence electrons. The third-order valence-electron chi connectivity index (χ3n) is 3.95. The Morgan fingerprint density at radius 2 is 2.00 bits per heavy atom. The van der Waals surface area contributed by atoms with Gasteiger partial charge >= 0.3 is 0 Å². The van der Waals surface area contributed by atoms with Gasteiger partial charge in [-0.1, -0.05) is 31.2 Å². The van der Waals surface area contributed by atoms with Gasteiger partial charge in [-0.3, -0.25) is 14.2 Å². The van der Waals surface area contributed by atoms with E-state index in [1.807, 2.05) is 37.3 Å². The van der Waals surface area contributed by atoms with Crippen LogP contribution in [0.2, 0.25) is 0 Å². The number of aromatic amines is 1. The molecule has 0 aliphatic carbocycles. The number of aromatic nitrogens is 2. The van der Waals surface area contributed by atoms with E-state index in [0.717, 1.165) is 17.5 Å². The number of benzene rings is 2. The lowest BCUT2D eigenvalue weighted by Gasteiger charge is -2.10. The second-order valence-corrected chi connectivity index (χ2v) is 6.21. The molecule has 0 saturated heterocycles. The van der Waals surface area contributed by atoms with Crippen LogP contribution in [0.15, 0.2) is 53.3 Å². The topological polar surface area (TPSA) is 66.9 Å². The molecule has 1 amide bonds. The molecule has 0 saturated carbocycles. The lowest BCUT2D eigenvalue weighted by Crippen LogP contribution is -2.25. The van der Waals surface area contributed by atoms with Crippen LogP contribution in [0.3, 0.4) is 0 Å². The molecule has 6 heteroatoms. The Morgan fingerprint density at radius 1 is 1.20 bits per heavy atom. The minimum atomic E-state index is -0.139. The summed E-state index contributed by atoms with van der Waals surface area (Å²) in [5, 5.41) is 3.44. The Morgan fingerprint density at radius 3 is 2.80 bits per heavy atom. The van der Waals surface area contributed by atoms with Gasteiger partial charge in [0.2, 0.25) is 0 Å². The molecule has 3 rings (SSSR count). The van der Waals surface area contributed by atoms with Crippen LogP contribution < -0.4 is 10.9 Å². The smallest absolute Gasteiger partial charge is 0.262 e. The van der Waals surface area contributed by atoms with Crippen molar-refractivity contribution in [3.8, 4) is 0 Å². The SMILES string of the molecule is CCCNC(=O)c1cccc(Cn2c(=S)[nH]c3ccccc3c2=O)c1. The molecule has 0 fully saturated rings. The fraction of sp³-hybridized carbons (Fsp3) is 0.211. The van der Waals surface area contributed by atoms with E-state index in [9.17, 15) is 9.59 Å². The molecule has 2 aromatic carbocycles. The highest BCUT2D eigenvalue weighted by molar-refractivity contribution is 7.71. The van der Waals surface area contributed by atoms with Gasteiger partial charge < -0.3 is 10.3 Å². The number of H-pyrrole nitrogens is 1. The molecule has 0 aliphatic heterocycles. The maximum atomic E-state index is 12.7. The molecule has 2 N–H and O–H groups in total. The van der Waals surface area contributed by atoms with Crippen molar-refractivity contribution < 1.29 is 4.79 Å². The number of fused-ring (bicyclic) bond motifs is 1. The van der Waals surface area contributed by atoms with Crippen LogP contribution in [0.25, 0.3) is 10.9 Å². The predicted octanol–water partition coefficient (Wildman–Crippen LogP) is 3.25. The number of nitrogens with zero attached hydrogens (tertiary/aromatic N) is 1. The molecule has 0 spiro atoms. The molecule has 0 aliphatic rings. The lowest BCUT2D eigenvalue weighted by molar-refractivity contribution is 0.0953. The number of amides is 1. The highest BCUT2D eigenvalue weighted by atomic mass is 32.1. The maximum Gasteiger partial charge on any atom is 0.262 e. The van der Waals surface area contributed by atoms with Gasteiger partial charge in [-0.05, 0) is 48.5 Å². The second-order valence-electron chi connectivity index (χ2n) is 5.82. The van der Waals surface area contributed by atoms with Gasteiger partial charge in [0, 0.05) is 12.1 Å². The Hall–Kier alpha value is -2.73. The summed E-state index contributed by atoms with van der Waals surface area (Å²) in [6, 6.07) is 14.5. The molecule has 1 heterocycles. The number of nitrogens with one attached hydrogen (secondary N) is 2. The van der Waals surface area contributed by atoms with Crippen molar-refractivity contribution in [2.24, 2.45) is 0 Å². The summed E-state index contributed by atoms with van der Waals surface area (Å²) in [5.74, 6) is -0.111. The molecule has 0 unspecified atom stereocenters. The highest BCUT2D eigenvalue weighted by Gasteiger charge is 2.08. The first-order valence-corrected chi connectivity index (χ1v) is 8.60. The van der Waals surface area contributed by atoms with Crippen molar-refractivity contribution in [2.75, 3.05) is 6.54 Å². The summed E-state index contributed by atoms with van der Waals surface area (Å²) in [7, 11) is 0. The van der Waals surface area contributed by atoms with E-state index in [1.54, 1.807) is 18.2 Å². The summed E-state index contributed by atoms with van der Waals surface area (Å²) >= 11 is 5.34. The fourth-order valence-corrected chi connectivity index (χ4v) is 2.93. The minimum absolute atomic E-state index is 0.111. The average Bonchev–Trinajstić information content (AvgIpc) is 2.63. The number of carbonyl (C=O) groups is 1. The number of hydrogen-bond donors (Lipinski definition) is 2. The van der Waals surface area contributed by atoms with Crippen molar-refractivity contribution in [1.29, 1.82) is 0 Å². The van der Waals surface area contributed by atoms with Gasteiger partial charge in [0.1, 0.15) is 0 Å². The van der Waals surface area contributed by atoms with E-state index in [-0.39, 0.29) is 11.5 Å². The average molecular weight is 353 g/mol. The van der Waals surface area contributed by atoms with Crippen LogP contribution in [0.4, 0.5) is 0 Å². The number of hydrogen-bond acceptors (Lipinski definition) is 3. The van der Waals surface area contributed by atoms with Crippen molar-refractivity contribution >= 4 is 29.0 Å². The fourth-order valence-electron chi connectivity index (χ4n) is 2.68. The zero-order valence-corrected chi connectivity index (χ0v) is 14.7. The molecular weight excluding hydrogens is 334 g/mol. The molecule has 5 nitrogen and oxygen atoms in total. The van der Waals surface area contributed by atoms with Crippen LogP contribution >= 0.6 is 12.2 Å². The Kier molecular flexibility index (Phi) is 5.09. The van der Waals surface area contributed by atoms with Crippen LogP contribution in [0.5, 0.6) is 0 Å². The van der Waals surface area contributed by atoms with Gasteiger partial charge in [0.25, 0.3) is 11.5 Å². The Balaban J connectivity index is 1.96. The van der Waals surface area contributed by atoms with Gasteiger partial charge in [-0.2, -0.15) is 0 Å². The summed E-state index contributed by atoms with van der Waals surface area (Å²) in [5.41, 5.74) is 2.01. The highest BCUT2D eigenvalue weighted by Crippen LogP contribution is 2.10. The van der Waals surface area contributed by atoms with Crippen molar-refractivity contribution in [1.82, 2.24) is 14.9 Å².